The number of hydrogen-bond acceptors (Lipinski definition) is 3. The lowest BCUT2D eigenvalue weighted by atomic mass is 10.0. The molecule has 1 aromatic heterocycles. The van der Waals surface area contributed by atoms with E-state index in [2.05, 4.69) is 48.1 Å². The van der Waals surface area contributed by atoms with Crippen molar-refractivity contribution in [3.63, 3.8) is 0 Å². The van der Waals surface area contributed by atoms with E-state index < -0.39 is 0 Å². The Balaban J connectivity index is 1.85. The van der Waals surface area contributed by atoms with Gasteiger partial charge in [-0.1, -0.05) is 37.7 Å². The molecule has 0 radical (unpaired) electrons. The van der Waals surface area contributed by atoms with Crippen molar-refractivity contribution < 1.29 is 0 Å². The lowest BCUT2D eigenvalue weighted by Crippen LogP contribution is -1.86. The second kappa shape index (κ2) is 5.21. The third-order valence-corrected chi connectivity index (χ3v) is 4.14. The number of nitrogens with two attached hydrogens (primary N) is 1. The molecule has 0 saturated heterocycles. The molecule has 0 aliphatic rings. The molecule has 0 aliphatic heterocycles. The Morgan fingerprint density at radius 3 is 2.55 bits per heavy atom. The summed E-state index contributed by atoms with van der Waals surface area (Å²) in [5.74, 6) is 0.559. The molecule has 3 nitrogen and oxygen atoms in total. The van der Waals surface area contributed by atoms with Gasteiger partial charge in [-0.2, -0.15) is 0 Å². The van der Waals surface area contributed by atoms with Gasteiger partial charge in [0.25, 0.3) is 0 Å². The first-order valence-corrected chi connectivity index (χ1v) is 7.46. The van der Waals surface area contributed by atoms with Crippen LogP contribution in [0.4, 0.5) is 5.69 Å². The number of nitrogen functional groups attached to an aromatic ring is 1. The summed E-state index contributed by atoms with van der Waals surface area (Å²) in [6.45, 7) is 4.40. The molecule has 0 amide bonds. The van der Waals surface area contributed by atoms with Gasteiger partial charge in [-0.15, -0.1) is 0 Å². The Labute approximate surface area is 122 Å². The van der Waals surface area contributed by atoms with Crippen molar-refractivity contribution in [1.82, 2.24) is 9.97 Å². The van der Waals surface area contributed by atoms with Gasteiger partial charge in [-0.05, 0) is 41.8 Å². The highest BCUT2D eigenvalue weighted by molar-refractivity contribution is 7.99. The van der Waals surface area contributed by atoms with Gasteiger partial charge in [0.15, 0.2) is 5.16 Å². The Morgan fingerprint density at radius 2 is 1.85 bits per heavy atom. The molecule has 0 atom stereocenters. The quantitative estimate of drug-likeness (QED) is 0.700. The van der Waals surface area contributed by atoms with Crippen LogP contribution in [0.3, 0.4) is 0 Å². The molecule has 102 valence electrons. The van der Waals surface area contributed by atoms with Gasteiger partial charge >= 0.3 is 0 Å². The molecule has 2 aromatic carbocycles. The first-order chi connectivity index (χ1) is 9.61. The van der Waals surface area contributed by atoms with E-state index in [9.17, 15) is 0 Å². The van der Waals surface area contributed by atoms with E-state index >= 15 is 0 Å². The van der Waals surface area contributed by atoms with Crippen molar-refractivity contribution in [2.75, 3.05) is 5.73 Å². The predicted octanol–water partition coefficient (Wildman–Crippen LogP) is 4.42. The van der Waals surface area contributed by atoms with Crippen LogP contribution in [-0.4, -0.2) is 9.97 Å². The zero-order valence-electron chi connectivity index (χ0n) is 11.6. The zero-order chi connectivity index (χ0) is 14.1. The molecule has 1 heterocycles. The maximum Gasteiger partial charge on any atom is 0.171 e. The van der Waals surface area contributed by atoms with Crippen LogP contribution >= 0.6 is 11.8 Å². The molecule has 0 unspecified atom stereocenters. The van der Waals surface area contributed by atoms with Crippen molar-refractivity contribution in [1.29, 1.82) is 0 Å². The second-order valence-corrected chi connectivity index (χ2v) is 6.21. The van der Waals surface area contributed by atoms with Crippen molar-refractivity contribution in [3.8, 4) is 0 Å². The molecule has 0 spiro atoms. The van der Waals surface area contributed by atoms with E-state index in [1.54, 1.807) is 11.8 Å². The topological polar surface area (TPSA) is 54.7 Å². The SMILES string of the molecule is CC(C)c1ccc(Sc2nc3ccc(N)cc3[nH]2)cc1. The number of H-pyrrole nitrogens is 1. The minimum absolute atomic E-state index is 0.559. The summed E-state index contributed by atoms with van der Waals surface area (Å²) in [6, 6.07) is 14.3. The number of rotatable bonds is 3. The van der Waals surface area contributed by atoms with Gasteiger partial charge in [-0.3, -0.25) is 0 Å². The van der Waals surface area contributed by atoms with Crippen LogP contribution in [0, 0.1) is 0 Å². The summed E-state index contributed by atoms with van der Waals surface area (Å²) in [4.78, 5) is 9.03. The highest BCUT2D eigenvalue weighted by Crippen LogP contribution is 2.28. The van der Waals surface area contributed by atoms with Gasteiger partial charge in [0, 0.05) is 10.6 Å². The van der Waals surface area contributed by atoms with Crippen LogP contribution in [0.15, 0.2) is 52.5 Å². The second-order valence-electron chi connectivity index (χ2n) is 5.14. The molecular weight excluding hydrogens is 266 g/mol. The highest BCUT2D eigenvalue weighted by Gasteiger charge is 2.05. The number of anilines is 1. The molecule has 20 heavy (non-hydrogen) atoms. The fourth-order valence-corrected chi connectivity index (χ4v) is 2.88. The van der Waals surface area contributed by atoms with Crippen molar-refractivity contribution in [3.05, 3.63) is 48.0 Å². The first kappa shape index (κ1) is 13.1. The lowest BCUT2D eigenvalue weighted by molar-refractivity contribution is 0.865. The molecule has 0 saturated carbocycles. The van der Waals surface area contributed by atoms with Crippen LogP contribution < -0.4 is 5.73 Å². The summed E-state index contributed by atoms with van der Waals surface area (Å²) >= 11 is 1.63. The molecule has 0 bridgehead atoms. The monoisotopic (exact) mass is 283 g/mol. The maximum atomic E-state index is 5.78. The predicted molar refractivity (Wildman–Crippen MR) is 85.2 cm³/mol. The van der Waals surface area contributed by atoms with Crippen LogP contribution in [0.1, 0.15) is 25.3 Å². The maximum absolute atomic E-state index is 5.78. The molecule has 3 N–H and O–H groups in total. The molecule has 0 aliphatic carbocycles. The molecule has 3 rings (SSSR count). The zero-order valence-corrected chi connectivity index (χ0v) is 12.4. The Kier molecular flexibility index (Phi) is 3.40. The van der Waals surface area contributed by atoms with Gasteiger partial charge in [0.2, 0.25) is 0 Å². The van der Waals surface area contributed by atoms with Gasteiger partial charge in [0.05, 0.1) is 11.0 Å². The van der Waals surface area contributed by atoms with Crippen LogP contribution in [0.25, 0.3) is 11.0 Å². The number of imidazole rings is 1. The Morgan fingerprint density at radius 1 is 1.10 bits per heavy atom. The fourth-order valence-electron chi connectivity index (χ4n) is 2.08. The number of aromatic amines is 1. The highest BCUT2D eigenvalue weighted by atomic mass is 32.2. The molecular formula is C16H17N3S. The Hall–Kier alpha value is -1.94. The van der Waals surface area contributed by atoms with Crippen molar-refractivity contribution >= 4 is 28.5 Å². The average molecular weight is 283 g/mol. The smallest absolute Gasteiger partial charge is 0.171 e. The minimum atomic E-state index is 0.559. The van der Waals surface area contributed by atoms with Gasteiger partial charge < -0.3 is 10.7 Å². The fraction of sp³-hybridized carbons (Fsp3) is 0.188. The molecule has 3 aromatic rings. The molecule has 4 heteroatoms. The largest absolute Gasteiger partial charge is 0.399 e. The normalized spacial score (nSPS) is 11.3. The lowest BCUT2D eigenvalue weighted by Gasteiger charge is -2.05. The summed E-state index contributed by atoms with van der Waals surface area (Å²) in [5.41, 5.74) is 9.80. The van der Waals surface area contributed by atoms with E-state index in [4.69, 9.17) is 5.73 Å². The average Bonchev–Trinajstić information content (AvgIpc) is 2.80. The number of fused-ring (bicyclic) bond motifs is 1. The van der Waals surface area contributed by atoms with Crippen LogP contribution in [0.2, 0.25) is 0 Å². The summed E-state index contributed by atoms with van der Waals surface area (Å²) in [6.07, 6.45) is 0. The van der Waals surface area contributed by atoms with Gasteiger partial charge in [0.1, 0.15) is 0 Å². The van der Waals surface area contributed by atoms with Crippen LogP contribution in [-0.2, 0) is 0 Å². The van der Waals surface area contributed by atoms with E-state index in [1.165, 1.54) is 10.5 Å². The third kappa shape index (κ3) is 2.65. The van der Waals surface area contributed by atoms with E-state index in [-0.39, 0.29) is 0 Å². The standard InChI is InChI=1S/C16H17N3S/c1-10(2)11-3-6-13(7-4-11)20-16-18-14-8-5-12(17)9-15(14)19-16/h3-10H,17H2,1-2H3,(H,18,19). The number of benzene rings is 2. The van der Waals surface area contributed by atoms with Crippen molar-refractivity contribution in [2.45, 2.75) is 29.8 Å². The van der Waals surface area contributed by atoms with E-state index in [0.29, 0.717) is 5.92 Å². The van der Waals surface area contributed by atoms with Crippen molar-refractivity contribution in [2.24, 2.45) is 0 Å². The number of nitrogens with one attached hydrogen (secondary N) is 1. The first-order valence-electron chi connectivity index (χ1n) is 6.65. The number of aromatic nitrogens is 2. The Bertz CT molecular complexity index is 729. The van der Waals surface area contributed by atoms with Crippen LogP contribution in [0.5, 0.6) is 0 Å². The number of hydrogen-bond donors (Lipinski definition) is 2. The van der Waals surface area contributed by atoms with E-state index in [1.807, 2.05) is 18.2 Å². The summed E-state index contributed by atoms with van der Waals surface area (Å²) in [7, 11) is 0. The number of nitrogens with zero attached hydrogens (tertiary/aromatic N) is 1. The minimum Gasteiger partial charge on any atom is -0.399 e. The van der Waals surface area contributed by atoms with E-state index in [0.717, 1.165) is 21.9 Å². The van der Waals surface area contributed by atoms with Gasteiger partial charge in [-0.25, -0.2) is 4.98 Å². The summed E-state index contributed by atoms with van der Waals surface area (Å²) < 4.78 is 0. The molecule has 0 fully saturated rings. The third-order valence-electron chi connectivity index (χ3n) is 3.25. The summed E-state index contributed by atoms with van der Waals surface area (Å²) in [5, 5.41) is 0.892.